The van der Waals surface area contributed by atoms with E-state index in [0.29, 0.717) is 6.54 Å². The number of benzene rings is 2. The highest BCUT2D eigenvalue weighted by molar-refractivity contribution is 5.27. The van der Waals surface area contributed by atoms with Crippen molar-refractivity contribution in [2.45, 2.75) is 26.6 Å². The van der Waals surface area contributed by atoms with Crippen molar-refractivity contribution in [3.63, 3.8) is 0 Å². The van der Waals surface area contributed by atoms with Crippen LogP contribution in [0.1, 0.15) is 22.3 Å². The zero-order valence-corrected chi connectivity index (χ0v) is 11.8. The van der Waals surface area contributed by atoms with E-state index in [2.05, 4.69) is 61.3 Å². The van der Waals surface area contributed by atoms with Crippen molar-refractivity contribution in [3.8, 4) is 0 Å². The molecule has 0 amide bonds. The Bertz CT molecular complexity index is 534. The monoisotopic (exact) mass is 254 g/mol. The van der Waals surface area contributed by atoms with E-state index in [4.69, 9.17) is 5.73 Å². The molecule has 0 unspecified atom stereocenters. The maximum atomic E-state index is 5.78. The maximum Gasteiger partial charge on any atom is 0.0237 e. The van der Waals surface area contributed by atoms with Gasteiger partial charge in [0.15, 0.2) is 0 Å². The lowest BCUT2D eigenvalue weighted by molar-refractivity contribution is 0.318. The van der Waals surface area contributed by atoms with Crippen molar-refractivity contribution in [1.82, 2.24) is 4.90 Å². The molecule has 0 spiro atoms. The molecule has 0 aliphatic rings. The first kappa shape index (κ1) is 13.8. The standard InChI is InChI=1S/C17H22N2/c1-14-6-5-7-15(10-14)12-19(2)13-17-9-4-3-8-16(17)11-18/h3-10H,11-13,18H2,1-2H3. The Hall–Kier alpha value is -1.64. The van der Waals surface area contributed by atoms with E-state index in [9.17, 15) is 0 Å². The molecule has 2 aromatic rings. The van der Waals surface area contributed by atoms with Gasteiger partial charge in [0.1, 0.15) is 0 Å². The Kier molecular flexibility index (Phi) is 4.72. The average Bonchev–Trinajstić information content (AvgIpc) is 2.39. The molecule has 0 aliphatic heterocycles. The van der Waals surface area contributed by atoms with Gasteiger partial charge in [0, 0.05) is 19.6 Å². The van der Waals surface area contributed by atoms with Gasteiger partial charge in [-0.25, -0.2) is 0 Å². The molecule has 0 aromatic heterocycles. The van der Waals surface area contributed by atoms with Gasteiger partial charge < -0.3 is 5.73 Å². The minimum absolute atomic E-state index is 0.606. The summed E-state index contributed by atoms with van der Waals surface area (Å²) in [7, 11) is 2.15. The first-order valence-corrected chi connectivity index (χ1v) is 6.70. The summed E-state index contributed by atoms with van der Waals surface area (Å²) in [4.78, 5) is 2.32. The number of nitrogens with two attached hydrogens (primary N) is 1. The third-order valence-electron chi connectivity index (χ3n) is 3.31. The molecule has 2 heteroatoms. The van der Waals surface area contributed by atoms with Crippen LogP contribution in [-0.2, 0) is 19.6 Å². The molecule has 0 radical (unpaired) electrons. The minimum Gasteiger partial charge on any atom is -0.326 e. The summed E-state index contributed by atoms with van der Waals surface area (Å²) in [6, 6.07) is 17.1. The topological polar surface area (TPSA) is 29.3 Å². The van der Waals surface area contributed by atoms with Gasteiger partial charge in [-0.3, -0.25) is 4.90 Å². The van der Waals surface area contributed by atoms with Gasteiger partial charge in [-0.1, -0.05) is 54.1 Å². The zero-order chi connectivity index (χ0) is 13.7. The van der Waals surface area contributed by atoms with Crippen LogP contribution in [0.3, 0.4) is 0 Å². The third-order valence-corrected chi connectivity index (χ3v) is 3.31. The predicted octanol–water partition coefficient (Wildman–Crippen LogP) is 3.09. The second-order valence-corrected chi connectivity index (χ2v) is 5.13. The second-order valence-electron chi connectivity index (χ2n) is 5.13. The van der Waals surface area contributed by atoms with Crippen LogP contribution in [0.2, 0.25) is 0 Å². The SMILES string of the molecule is Cc1cccc(CN(C)Cc2ccccc2CN)c1. The van der Waals surface area contributed by atoms with E-state index >= 15 is 0 Å². The molecule has 19 heavy (non-hydrogen) atoms. The molecule has 100 valence electrons. The molecule has 0 saturated heterocycles. The fraction of sp³-hybridized carbons (Fsp3) is 0.294. The number of nitrogens with zero attached hydrogens (tertiary/aromatic N) is 1. The van der Waals surface area contributed by atoms with Crippen molar-refractivity contribution in [1.29, 1.82) is 0 Å². The van der Waals surface area contributed by atoms with E-state index in [1.54, 1.807) is 0 Å². The van der Waals surface area contributed by atoms with Gasteiger partial charge >= 0.3 is 0 Å². The molecule has 0 bridgehead atoms. The van der Waals surface area contributed by atoms with Crippen molar-refractivity contribution in [3.05, 3.63) is 70.8 Å². The van der Waals surface area contributed by atoms with Crippen LogP contribution in [0.25, 0.3) is 0 Å². The van der Waals surface area contributed by atoms with E-state index < -0.39 is 0 Å². The normalized spacial score (nSPS) is 10.9. The molecule has 0 saturated carbocycles. The van der Waals surface area contributed by atoms with Crippen molar-refractivity contribution < 1.29 is 0 Å². The lowest BCUT2D eigenvalue weighted by Crippen LogP contribution is -2.18. The average molecular weight is 254 g/mol. The van der Waals surface area contributed by atoms with Gasteiger partial charge in [-0.2, -0.15) is 0 Å². The lowest BCUT2D eigenvalue weighted by atomic mass is 10.1. The predicted molar refractivity (Wildman–Crippen MR) is 80.7 cm³/mol. The van der Waals surface area contributed by atoms with Gasteiger partial charge in [0.2, 0.25) is 0 Å². The number of hydrogen-bond donors (Lipinski definition) is 1. The van der Waals surface area contributed by atoms with Crippen LogP contribution in [0, 0.1) is 6.92 Å². The van der Waals surface area contributed by atoms with Gasteiger partial charge in [-0.15, -0.1) is 0 Å². The Morgan fingerprint density at radius 1 is 0.947 bits per heavy atom. The Labute approximate surface area is 115 Å². The Morgan fingerprint density at radius 2 is 1.68 bits per heavy atom. The van der Waals surface area contributed by atoms with Crippen LogP contribution in [-0.4, -0.2) is 11.9 Å². The molecule has 0 fully saturated rings. The van der Waals surface area contributed by atoms with Crippen molar-refractivity contribution in [2.24, 2.45) is 5.73 Å². The summed E-state index contributed by atoms with van der Waals surface area (Å²) in [6.45, 7) is 4.63. The Balaban J connectivity index is 2.03. The Morgan fingerprint density at radius 3 is 2.37 bits per heavy atom. The van der Waals surface area contributed by atoms with Gasteiger partial charge in [0.05, 0.1) is 0 Å². The quantitative estimate of drug-likeness (QED) is 0.888. The minimum atomic E-state index is 0.606. The van der Waals surface area contributed by atoms with E-state index in [-0.39, 0.29) is 0 Å². The molecule has 2 rings (SSSR count). The van der Waals surface area contributed by atoms with Gasteiger partial charge in [0.25, 0.3) is 0 Å². The molecule has 2 N–H and O–H groups in total. The first-order valence-electron chi connectivity index (χ1n) is 6.70. The summed E-state index contributed by atoms with van der Waals surface area (Å²) in [5, 5.41) is 0. The van der Waals surface area contributed by atoms with E-state index in [1.165, 1.54) is 22.3 Å². The van der Waals surface area contributed by atoms with E-state index in [0.717, 1.165) is 13.1 Å². The van der Waals surface area contributed by atoms with E-state index in [1.807, 2.05) is 6.07 Å². The summed E-state index contributed by atoms with van der Waals surface area (Å²) in [5.74, 6) is 0. The molecular formula is C17H22N2. The highest BCUT2D eigenvalue weighted by atomic mass is 15.1. The summed E-state index contributed by atoms with van der Waals surface area (Å²) in [5.41, 5.74) is 11.0. The first-order chi connectivity index (χ1) is 9.19. The van der Waals surface area contributed by atoms with Crippen molar-refractivity contribution in [2.75, 3.05) is 7.05 Å². The van der Waals surface area contributed by atoms with Crippen LogP contribution < -0.4 is 5.73 Å². The summed E-state index contributed by atoms with van der Waals surface area (Å²) < 4.78 is 0. The molecule has 2 aromatic carbocycles. The van der Waals surface area contributed by atoms with Crippen LogP contribution in [0.15, 0.2) is 48.5 Å². The summed E-state index contributed by atoms with van der Waals surface area (Å²) >= 11 is 0. The van der Waals surface area contributed by atoms with Crippen LogP contribution in [0.4, 0.5) is 0 Å². The van der Waals surface area contributed by atoms with Crippen molar-refractivity contribution >= 4 is 0 Å². The van der Waals surface area contributed by atoms with Crippen LogP contribution >= 0.6 is 0 Å². The number of aryl methyl sites for hydroxylation is 1. The fourth-order valence-electron chi connectivity index (χ4n) is 2.38. The van der Waals surface area contributed by atoms with Gasteiger partial charge in [-0.05, 0) is 30.7 Å². The number of hydrogen-bond acceptors (Lipinski definition) is 2. The number of rotatable bonds is 5. The molecule has 0 heterocycles. The molecule has 2 nitrogen and oxygen atoms in total. The maximum absolute atomic E-state index is 5.78. The molecular weight excluding hydrogens is 232 g/mol. The highest BCUT2D eigenvalue weighted by Gasteiger charge is 2.05. The summed E-state index contributed by atoms with van der Waals surface area (Å²) in [6.07, 6.45) is 0. The molecule has 0 atom stereocenters. The fourth-order valence-corrected chi connectivity index (χ4v) is 2.38. The smallest absolute Gasteiger partial charge is 0.0237 e. The third kappa shape index (κ3) is 3.91. The highest BCUT2D eigenvalue weighted by Crippen LogP contribution is 2.13. The molecule has 0 aliphatic carbocycles. The second kappa shape index (κ2) is 6.50. The zero-order valence-electron chi connectivity index (χ0n) is 11.8. The lowest BCUT2D eigenvalue weighted by Gasteiger charge is -2.19. The largest absolute Gasteiger partial charge is 0.326 e. The van der Waals surface area contributed by atoms with Crippen LogP contribution in [0.5, 0.6) is 0 Å².